The normalized spacial score (nSPS) is 12.1. The molecule has 170 valence electrons. The Balaban J connectivity index is 2.14. The lowest BCUT2D eigenvalue weighted by molar-refractivity contribution is 0.0666. The molecule has 0 spiro atoms. The average molecular weight is 437 g/mol. The van der Waals surface area contributed by atoms with E-state index in [2.05, 4.69) is 13.8 Å². The van der Waals surface area contributed by atoms with Crippen LogP contribution in [0.1, 0.15) is 61.6 Å². The summed E-state index contributed by atoms with van der Waals surface area (Å²) in [7, 11) is 3.96. The predicted molar refractivity (Wildman–Crippen MR) is 128 cm³/mol. The van der Waals surface area contributed by atoms with Gasteiger partial charge in [0.05, 0.1) is 23.5 Å². The van der Waals surface area contributed by atoms with Gasteiger partial charge in [0.15, 0.2) is 0 Å². The topological polar surface area (TPSA) is 41.4 Å². The molecule has 0 aliphatic rings. The number of amides is 1. The summed E-state index contributed by atoms with van der Waals surface area (Å²) in [5.41, 5.74) is 2.98. The first-order chi connectivity index (χ1) is 15.3. The van der Waals surface area contributed by atoms with E-state index in [0.717, 1.165) is 29.2 Å². The van der Waals surface area contributed by atoms with Crippen LogP contribution in [0.3, 0.4) is 0 Å². The third-order valence-electron chi connectivity index (χ3n) is 5.78. The molecule has 0 N–H and O–H groups in total. The molecule has 6 heteroatoms. The summed E-state index contributed by atoms with van der Waals surface area (Å²) in [6.07, 6.45) is 0.765. The number of rotatable bonds is 8. The first-order valence-corrected chi connectivity index (χ1v) is 11.2. The van der Waals surface area contributed by atoms with Crippen LogP contribution < -0.4 is 4.90 Å². The molecule has 32 heavy (non-hydrogen) atoms. The zero-order chi connectivity index (χ0) is 23.4. The van der Waals surface area contributed by atoms with Crippen LogP contribution in [-0.2, 0) is 6.54 Å². The Morgan fingerprint density at radius 2 is 1.66 bits per heavy atom. The fraction of sp³-hybridized carbons (Fsp3) is 0.385. The molecule has 3 aromatic rings. The Bertz CT molecular complexity index is 1060. The van der Waals surface area contributed by atoms with Crippen molar-refractivity contribution < 1.29 is 9.18 Å². The molecule has 0 aliphatic carbocycles. The molecule has 2 aromatic carbocycles. The smallest absolute Gasteiger partial charge is 0.257 e. The lowest BCUT2D eigenvalue weighted by Gasteiger charge is -2.30. The van der Waals surface area contributed by atoms with Crippen molar-refractivity contribution in [3.63, 3.8) is 0 Å². The van der Waals surface area contributed by atoms with Gasteiger partial charge in [0.2, 0.25) is 0 Å². The molecule has 1 aromatic heterocycles. The van der Waals surface area contributed by atoms with Crippen molar-refractivity contribution in [1.82, 2.24) is 14.7 Å². The van der Waals surface area contributed by atoms with Gasteiger partial charge in [-0.15, -0.1) is 0 Å². The van der Waals surface area contributed by atoms with Crippen LogP contribution in [-0.4, -0.2) is 40.7 Å². The summed E-state index contributed by atoms with van der Waals surface area (Å²) in [4.78, 5) is 17.3. The monoisotopic (exact) mass is 436 g/mol. The highest BCUT2D eigenvalue weighted by Crippen LogP contribution is 2.32. The number of hydrogen-bond donors (Lipinski definition) is 0. The van der Waals surface area contributed by atoms with Crippen LogP contribution in [0.5, 0.6) is 0 Å². The minimum absolute atomic E-state index is 0.0581. The molecule has 0 radical (unpaired) electrons. The molecule has 0 aliphatic heterocycles. The molecular weight excluding hydrogens is 403 g/mol. The van der Waals surface area contributed by atoms with E-state index in [1.54, 1.807) is 23.1 Å². The third-order valence-corrected chi connectivity index (χ3v) is 5.78. The first kappa shape index (κ1) is 23.5. The number of benzene rings is 2. The van der Waals surface area contributed by atoms with E-state index in [1.165, 1.54) is 6.07 Å². The van der Waals surface area contributed by atoms with Crippen molar-refractivity contribution in [3.05, 3.63) is 77.2 Å². The molecule has 0 unspecified atom stereocenters. The summed E-state index contributed by atoms with van der Waals surface area (Å²) >= 11 is 0. The maximum Gasteiger partial charge on any atom is 0.257 e. The van der Waals surface area contributed by atoms with Gasteiger partial charge in [-0.1, -0.05) is 51.1 Å². The van der Waals surface area contributed by atoms with Gasteiger partial charge < -0.3 is 9.80 Å². The summed E-state index contributed by atoms with van der Waals surface area (Å²) in [5, 5.41) is 4.95. The van der Waals surface area contributed by atoms with Gasteiger partial charge >= 0.3 is 0 Å². The molecule has 0 saturated heterocycles. The van der Waals surface area contributed by atoms with Gasteiger partial charge in [-0.25, -0.2) is 9.07 Å². The maximum atomic E-state index is 14.5. The summed E-state index contributed by atoms with van der Waals surface area (Å²) in [6, 6.07) is 16.1. The van der Waals surface area contributed by atoms with E-state index in [-0.39, 0.29) is 23.4 Å². The second kappa shape index (κ2) is 9.98. The number of anilines is 1. The molecule has 0 saturated carbocycles. The second-order valence-corrected chi connectivity index (χ2v) is 8.65. The molecule has 5 nitrogen and oxygen atoms in total. The van der Waals surface area contributed by atoms with Gasteiger partial charge in [0, 0.05) is 25.7 Å². The Morgan fingerprint density at radius 3 is 2.22 bits per heavy atom. The highest BCUT2D eigenvalue weighted by Gasteiger charge is 2.29. The van der Waals surface area contributed by atoms with Gasteiger partial charge in [0.25, 0.3) is 5.91 Å². The lowest BCUT2D eigenvalue weighted by Crippen LogP contribution is -2.38. The summed E-state index contributed by atoms with van der Waals surface area (Å²) in [5.74, 6) is 0.289. The van der Waals surface area contributed by atoms with E-state index >= 15 is 0 Å². The summed E-state index contributed by atoms with van der Waals surface area (Å²) < 4.78 is 16.4. The van der Waals surface area contributed by atoms with E-state index in [9.17, 15) is 9.18 Å². The number of carbonyl (C=O) groups is 1. The minimum atomic E-state index is -0.498. The molecule has 3 rings (SSSR count). The van der Waals surface area contributed by atoms with Crippen LogP contribution in [0.4, 0.5) is 10.2 Å². The quantitative estimate of drug-likeness (QED) is 0.459. The molecule has 1 heterocycles. The second-order valence-electron chi connectivity index (χ2n) is 8.65. The molecule has 0 fully saturated rings. The number of halogens is 1. The Labute approximate surface area is 190 Å². The average Bonchev–Trinajstić information content (AvgIpc) is 3.17. The molecule has 0 bridgehead atoms. The molecule has 1 atom stereocenters. The molecular formula is C26H33FN4O. The van der Waals surface area contributed by atoms with Crippen molar-refractivity contribution in [2.24, 2.45) is 0 Å². The first-order valence-electron chi connectivity index (χ1n) is 11.2. The minimum Gasteiger partial charge on any atom is -0.362 e. The van der Waals surface area contributed by atoms with Gasteiger partial charge in [-0.2, -0.15) is 5.10 Å². The summed E-state index contributed by atoms with van der Waals surface area (Å²) in [6.45, 7) is 8.61. The Hall–Kier alpha value is -3.15. The zero-order valence-electron chi connectivity index (χ0n) is 19.8. The number of aromatic nitrogens is 2. The number of nitrogens with zero attached hydrogens (tertiary/aromatic N) is 4. The largest absolute Gasteiger partial charge is 0.362 e. The fourth-order valence-electron chi connectivity index (χ4n) is 3.89. The van der Waals surface area contributed by atoms with E-state index in [0.29, 0.717) is 6.54 Å². The lowest BCUT2D eigenvalue weighted by atomic mass is 10.0. The maximum absolute atomic E-state index is 14.5. The number of hydrogen-bond acceptors (Lipinski definition) is 3. The van der Waals surface area contributed by atoms with Crippen LogP contribution in [0.15, 0.2) is 54.6 Å². The Kier molecular flexibility index (Phi) is 7.33. The Morgan fingerprint density at radius 1 is 1.03 bits per heavy atom. The van der Waals surface area contributed by atoms with Crippen molar-refractivity contribution >= 4 is 11.7 Å². The van der Waals surface area contributed by atoms with Gasteiger partial charge in [0.1, 0.15) is 11.6 Å². The predicted octanol–water partition coefficient (Wildman–Crippen LogP) is 5.64. The van der Waals surface area contributed by atoms with Crippen molar-refractivity contribution in [3.8, 4) is 5.69 Å². The number of carbonyl (C=O) groups excluding carboxylic acids is 1. The van der Waals surface area contributed by atoms with Crippen LogP contribution >= 0.6 is 0 Å². The zero-order valence-corrected chi connectivity index (χ0v) is 19.8. The van der Waals surface area contributed by atoms with Crippen molar-refractivity contribution in [1.29, 1.82) is 0 Å². The van der Waals surface area contributed by atoms with E-state index in [1.807, 2.05) is 67.9 Å². The van der Waals surface area contributed by atoms with Gasteiger partial charge in [-0.05, 0) is 43.5 Å². The van der Waals surface area contributed by atoms with Gasteiger partial charge in [-0.3, -0.25) is 4.79 Å². The van der Waals surface area contributed by atoms with Crippen molar-refractivity contribution in [2.45, 2.75) is 52.6 Å². The SMILES string of the molecule is CC[C@@H](C)N(Cc1c(C(C)C)nn(-c2ccccc2)c1N(C)C)C(=O)c1ccccc1F. The van der Waals surface area contributed by atoms with Crippen molar-refractivity contribution in [2.75, 3.05) is 19.0 Å². The fourth-order valence-corrected chi connectivity index (χ4v) is 3.89. The van der Waals surface area contributed by atoms with E-state index in [4.69, 9.17) is 5.10 Å². The third kappa shape index (κ3) is 4.69. The highest BCUT2D eigenvalue weighted by atomic mass is 19.1. The highest BCUT2D eigenvalue weighted by molar-refractivity contribution is 5.94. The van der Waals surface area contributed by atoms with Crippen LogP contribution in [0.25, 0.3) is 5.69 Å². The standard InChI is InChI=1S/C26H33FN4O/c1-7-19(4)30(26(32)21-15-11-12-16-23(21)27)17-22-24(18(2)3)28-31(25(22)29(5)6)20-13-9-8-10-14-20/h8-16,18-19H,7,17H2,1-6H3/t19-/m1/s1. The van der Waals surface area contributed by atoms with Crippen LogP contribution in [0, 0.1) is 5.82 Å². The van der Waals surface area contributed by atoms with Crippen LogP contribution in [0.2, 0.25) is 0 Å². The molecule has 1 amide bonds. The van der Waals surface area contributed by atoms with E-state index < -0.39 is 5.82 Å². The number of para-hydroxylation sites is 1.